The molecule has 0 aromatic carbocycles. The molecule has 3 nitrogen and oxygen atoms in total. The van der Waals surface area contributed by atoms with Crippen molar-refractivity contribution >= 4 is 19.6 Å². The third kappa shape index (κ3) is 3.18. The predicted octanol–water partition coefficient (Wildman–Crippen LogP) is 3.59. The monoisotopic (exact) mass is 292 g/mol. The van der Waals surface area contributed by atoms with Crippen molar-refractivity contribution in [1.29, 1.82) is 0 Å². The average molecular weight is 292 g/mol. The van der Waals surface area contributed by atoms with E-state index < -0.39 is 8.07 Å². The van der Waals surface area contributed by atoms with E-state index in [9.17, 15) is 9.59 Å². The van der Waals surface area contributed by atoms with Gasteiger partial charge in [0.05, 0.1) is 20.3 Å². The summed E-state index contributed by atoms with van der Waals surface area (Å²) in [5.74, 6) is -0.141. The lowest BCUT2D eigenvalue weighted by Crippen LogP contribution is -2.28. The van der Waals surface area contributed by atoms with Crippen molar-refractivity contribution in [1.82, 2.24) is 0 Å². The highest BCUT2D eigenvalue weighted by Gasteiger charge is 2.39. The minimum Gasteiger partial charge on any atom is -0.489 e. The minimum absolute atomic E-state index is 0.153. The molecule has 110 valence electrons. The first kappa shape index (κ1) is 16.6. The van der Waals surface area contributed by atoms with Gasteiger partial charge in [0.15, 0.2) is 11.5 Å². The fourth-order valence-electron chi connectivity index (χ4n) is 2.39. The molecule has 0 radical (unpaired) electrons. The molecule has 0 aliphatic heterocycles. The first-order valence-electron chi connectivity index (χ1n) is 7.03. The fourth-order valence-corrected chi connectivity index (χ4v) is 4.26. The zero-order chi connectivity index (χ0) is 15.5. The Morgan fingerprint density at radius 3 is 2.30 bits per heavy atom. The van der Waals surface area contributed by atoms with E-state index in [4.69, 9.17) is 4.74 Å². The van der Waals surface area contributed by atoms with Gasteiger partial charge in [-0.3, -0.25) is 9.59 Å². The first-order chi connectivity index (χ1) is 9.25. The molecule has 1 aliphatic carbocycles. The van der Waals surface area contributed by atoms with Crippen molar-refractivity contribution < 1.29 is 14.3 Å². The Balaban J connectivity index is 3.35. The number of carbonyl (C=O) groups is 2. The van der Waals surface area contributed by atoms with Crippen molar-refractivity contribution in [3.63, 3.8) is 0 Å². The van der Waals surface area contributed by atoms with Crippen LogP contribution in [0.4, 0.5) is 0 Å². The normalized spacial score (nSPS) is 18.6. The number of rotatable bonds is 6. The highest BCUT2D eigenvalue weighted by atomic mass is 28.3. The molecule has 0 bridgehead atoms. The largest absolute Gasteiger partial charge is 0.489 e. The van der Waals surface area contributed by atoms with Crippen LogP contribution in [0.1, 0.15) is 26.7 Å². The van der Waals surface area contributed by atoms with Gasteiger partial charge in [-0.1, -0.05) is 30.9 Å². The van der Waals surface area contributed by atoms with Crippen LogP contribution in [0.25, 0.3) is 0 Å². The van der Waals surface area contributed by atoms with Crippen LogP contribution >= 0.6 is 0 Å². The molecule has 0 spiro atoms. The standard InChI is InChI=1S/C16H24O3Si/c1-7-9-10-12(20(4,5)6)13-14(17)11(3)16(15(13)18)19-8-2/h7H,1,8-10H2,2-6H3/b13-12+. The van der Waals surface area contributed by atoms with Gasteiger partial charge >= 0.3 is 0 Å². The van der Waals surface area contributed by atoms with E-state index in [-0.39, 0.29) is 17.3 Å². The predicted molar refractivity (Wildman–Crippen MR) is 84.1 cm³/mol. The van der Waals surface area contributed by atoms with Gasteiger partial charge < -0.3 is 4.74 Å². The van der Waals surface area contributed by atoms with Crippen LogP contribution in [0.3, 0.4) is 0 Å². The van der Waals surface area contributed by atoms with Crippen LogP contribution < -0.4 is 0 Å². The van der Waals surface area contributed by atoms with Gasteiger partial charge in [0.25, 0.3) is 0 Å². The summed E-state index contributed by atoms with van der Waals surface area (Å²) in [6.45, 7) is 14.1. The molecular weight excluding hydrogens is 268 g/mol. The third-order valence-corrected chi connectivity index (χ3v) is 5.75. The van der Waals surface area contributed by atoms with Gasteiger partial charge in [-0.2, -0.15) is 0 Å². The van der Waals surface area contributed by atoms with Crippen molar-refractivity contribution in [2.24, 2.45) is 0 Å². The van der Waals surface area contributed by atoms with Crippen LogP contribution in [0.2, 0.25) is 19.6 Å². The number of allylic oxidation sites excluding steroid dienone is 4. The number of Topliss-reactive ketones (excluding diaryl/α,β-unsaturated/α-hetero) is 2. The molecule has 0 N–H and O–H groups in total. The average Bonchev–Trinajstić information content (AvgIpc) is 2.55. The van der Waals surface area contributed by atoms with Gasteiger partial charge in [0, 0.05) is 5.57 Å². The molecule has 0 amide bonds. The highest BCUT2D eigenvalue weighted by molar-refractivity contribution is 6.84. The molecule has 0 aromatic heterocycles. The van der Waals surface area contributed by atoms with Crippen LogP contribution in [0.5, 0.6) is 0 Å². The molecule has 0 heterocycles. The lowest BCUT2D eigenvalue weighted by atomic mass is 10.1. The molecule has 0 unspecified atom stereocenters. The van der Waals surface area contributed by atoms with E-state index in [1.165, 1.54) is 0 Å². The van der Waals surface area contributed by atoms with Crippen molar-refractivity contribution in [3.05, 3.63) is 34.8 Å². The van der Waals surface area contributed by atoms with Gasteiger partial charge in [0.1, 0.15) is 0 Å². The van der Waals surface area contributed by atoms with Gasteiger partial charge in [-0.15, -0.1) is 6.58 Å². The molecular formula is C16H24O3Si. The zero-order valence-corrected chi connectivity index (χ0v) is 14.1. The van der Waals surface area contributed by atoms with E-state index in [0.29, 0.717) is 17.8 Å². The molecule has 1 rings (SSSR count). The van der Waals surface area contributed by atoms with Crippen molar-refractivity contribution in [3.8, 4) is 0 Å². The second-order valence-electron chi connectivity index (χ2n) is 5.98. The fraction of sp³-hybridized carbons (Fsp3) is 0.500. The van der Waals surface area contributed by atoms with Gasteiger partial charge in [-0.05, 0) is 26.7 Å². The van der Waals surface area contributed by atoms with E-state index in [1.807, 2.05) is 13.0 Å². The molecule has 0 fully saturated rings. The van der Waals surface area contributed by atoms with E-state index >= 15 is 0 Å². The summed E-state index contributed by atoms with van der Waals surface area (Å²) in [5.41, 5.74) is 0.813. The Hall–Kier alpha value is -1.42. The summed E-state index contributed by atoms with van der Waals surface area (Å²) in [6, 6.07) is 0. The van der Waals surface area contributed by atoms with Crippen molar-refractivity contribution in [2.45, 2.75) is 46.3 Å². The minimum atomic E-state index is -1.75. The second kappa shape index (κ2) is 6.35. The third-order valence-electron chi connectivity index (χ3n) is 3.44. The molecule has 4 heteroatoms. The molecule has 0 saturated heterocycles. The quantitative estimate of drug-likeness (QED) is 0.325. The lowest BCUT2D eigenvalue weighted by molar-refractivity contribution is -0.117. The number of hydrogen-bond donors (Lipinski definition) is 0. The Morgan fingerprint density at radius 1 is 1.25 bits per heavy atom. The van der Waals surface area contributed by atoms with E-state index in [2.05, 4.69) is 26.2 Å². The summed E-state index contributed by atoms with van der Waals surface area (Å²) < 4.78 is 5.37. The summed E-state index contributed by atoms with van der Waals surface area (Å²) in [5, 5.41) is 1.03. The van der Waals surface area contributed by atoms with E-state index in [0.717, 1.165) is 18.0 Å². The first-order valence-corrected chi connectivity index (χ1v) is 10.5. The number of hydrogen-bond acceptors (Lipinski definition) is 3. The number of ether oxygens (including phenoxy) is 1. The van der Waals surface area contributed by atoms with Crippen LogP contribution in [0, 0.1) is 0 Å². The van der Waals surface area contributed by atoms with Crippen molar-refractivity contribution in [2.75, 3.05) is 6.61 Å². The summed E-state index contributed by atoms with van der Waals surface area (Å²) in [7, 11) is -1.75. The summed E-state index contributed by atoms with van der Waals surface area (Å²) >= 11 is 0. The summed E-state index contributed by atoms with van der Waals surface area (Å²) in [4.78, 5) is 24.9. The summed E-state index contributed by atoms with van der Waals surface area (Å²) in [6.07, 6.45) is 3.35. The van der Waals surface area contributed by atoms with E-state index in [1.54, 1.807) is 6.92 Å². The molecule has 0 aromatic rings. The second-order valence-corrected chi connectivity index (χ2v) is 11.1. The smallest absolute Gasteiger partial charge is 0.231 e. The Labute approximate surface area is 122 Å². The van der Waals surface area contributed by atoms with Crippen LogP contribution in [0.15, 0.2) is 34.8 Å². The van der Waals surface area contributed by atoms with Crippen LogP contribution in [-0.2, 0) is 14.3 Å². The maximum atomic E-state index is 12.5. The topological polar surface area (TPSA) is 43.4 Å². The Bertz CT molecular complexity index is 504. The lowest BCUT2D eigenvalue weighted by Gasteiger charge is -2.22. The SMILES string of the molecule is C=CCC/C(=C1/C(=O)C(C)=C(OCC)C1=O)[Si](C)(C)C. The number of carbonyl (C=O) groups excluding carboxylic acids is 2. The van der Waals surface area contributed by atoms with Crippen LogP contribution in [-0.4, -0.2) is 26.2 Å². The highest BCUT2D eigenvalue weighted by Crippen LogP contribution is 2.33. The number of ketones is 2. The zero-order valence-electron chi connectivity index (χ0n) is 13.1. The molecule has 20 heavy (non-hydrogen) atoms. The Kier molecular flexibility index (Phi) is 5.28. The molecule has 1 aliphatic rings. The van der Waals surface area contributed by atoms with Gasteiger partial charge in [-0.25, -0.2) is 0 Å². The Morgan fingerprint density at radius 2 is 1.85 bits per heavy atom. The van der Waals surface area contributed by atoms with Gasteiger partial charge in [0.2, 0.25) is 5.78 Å². The molecule has 0 saturated carbocycles. The molecule has 0 atom stereocenters. The maximum absolute atomic E-state index is 12.5. The maximum Gasteiger partial charge on any atom is 0.231 e.